The molecule has 2 rings (SSSR count). The van der Waals surface area contributed by atoms with Gasteiger partial charge in [0.25, 0.3) is 5.91 Å². The lowest BCUT2D eigenvalue weighted by molar-refractivity contribution is -0.112. The molecule has 0 atom stereocenters. The van der Waals surface area contributed by atoms with E-state index in [2.05, 4.69) is 5.32 Å². The molecule has 0 unspecified atom stereocenters. The number of carbonyl (C=O) groups excluding carboxylic acids is 1. The second-order valence-corrected chi connectivity index (χ2v) is 6.68. The molecule has 6 heteroatoms. The third-order valence-corrected chi connectivity index (χ3v) is 4.38. The molecule has 1 N–H and O–H groups in total. The first-order valence-electron chi connectivity index (χ1n) is 8.91. The van der Waals surface area contributed by atoms with Crippen LogP contribution in [0.1, 0.15) is 30.0 Å². The number of nitriles is 1. The van der Waals surface area contributed by atoms with Crippen LogP contribution in [0.25, 0.3) is 6.08 Å². The van der Waals surface area contributed by atoms with Gasteiger partial charge in [0.05, 0.1) is 18.7 Å². The van der Waals surface area contributed by atoms with Gasteiger partial charge in [0.1, 0.15) is 11.6 Å². The van der Waals surface area contributed by atoms with E-state index in [1.165, 1.54) is 13.2 Å². The standard InChI is InChI=1S/C22H23ClN2O3/c1-5-9-28-21-18(23)11-16(12-19(21)27-4)10-17(13-24)22(26)25-20-14(2)7-6-8-15(20)3/h6-8,10-12H,5,9H2,1-4H3,(H,25,26)/b17-10+. The smallest absolute Gasteiger partial charge is 0.266 e. The number of anilines is 1. The summed E-state index contributed by atoms with van der Waals surface area (Å²) in [6.07, 6.45) is 2.30. The van der Waals surface area contributed by atoms with E-state index in [9.17, 15) is 10.1 Å². The van der Waals surface area contributed by atoms with Gasteiger partial charge in [0, 0.05) is 5.69 Å². The lowest BCUT2D eigenvalue weighted by Gasteiger charge is -2.13. The number of hydrogen-bond acceptors (Lipinski definition) is 4. The summed E-state index contributed by atoms with van der Waals surface area (Å²) >= 11 is 6.31. The molecule has 0 aliphatic heterocycles. The van der Waals surface area contributed by atoms with Crippen molar-refractivity contribution in [3.8, 4) is 17.6 Å². The van der Waals surface area contributed by atoms with Crippen LogP contribution in [-0.4, -0.2) is 19.6 Å². The SMILES string of the molecule is CCCOc1c(Cl)cc(/C=C(\C#N)C(=O)Nc2c(C)cccc2C)cc1OC. The maximum atomic E-state index is 12.6. The Labute approximate surface area is 170 Å². The number of carbonyl (C=O) groups is 1. The van der Waals surface area contributed by atoms with E-state index in [4.69, 9.17) is 21.1 Å². The van der Waals surface area contributed by atoms with E-state index < -0.39 is 5.91 Å². The number of nitrogens with zero attached hydrogens (tertiary/aromatic N) is 1. The van der Waals surface area contributed by atoms with Crippen molar-refractivity contribution in [3.05, 3.63) is 57.6 Å². The van der Waals surface area contributed by atoms with Gasteiger partial charge in [-0.15, -0.1) is 0 Å². The number of para-hydroxylation sites is 1. The van der Waals surface area contributed by atoms with Crippen LogP contribution in [-0.2, 0) is 4.79 Å². The average Bonchev–Trinajstić information content (AvgIpc) is 2.67. The molecule has 0 aliphatic carbocycles. The zero-order valence-corrected chi connectivity index (χ0v) is 17.2. The molecule has 0 saturated carbocycles. The van der Waals surface area contributed by atoms with Crippen LogP contribution in [0.4, 0.5) is 5.69 Å². The highest BCUT2D eigenvalue weighted by Gasteiger charge is 2.15. The lowest BCUT2D eigenvalue weighted by atomic mass is 10.1. The van der Waals surface area contributed by atoms with Crippen LogP contribution in [0, 0.1) is 25.2 Å². The Morgan fingerprint density at radius 2 is 1.96 bits per heavy atom. The van der Waals surface area contributed by atoms with Crippen molar-refractivity contribution < 1.29 is 14.3 Å². The predicted octanol–water partition coefficient (Wildman–Crippen LogP) is 5.30. The fourth-order valence-corrected chi connectivity index (χ4v) is 2.95. The number of benzene rings is 2. The first-order valence-corrected chi connectivity index (χ1v) is 9.28. The summed E-state index contributed by atoms with van der Waals surface area (Å²) in [6.45, 7) is 6.30. The topological polar surface area (TPSA) is 71.3 Å². The molecule has 28 heavy (non-hydrogen) atoms. The molecule has 2 aromatic carbocycles. The highest BCUT2D eigenvalue weighted by atomic mass is 35.5. The van der Waals surface area contributed by atoms with Crippen LogP contribution in [0.15, 0.2) is 35.9 Å². The molecular formula is C22H23ClN2O3. The first kappa shape index (κ1) is 21.3. The van der Waals surface area contributed by atoms with Crippen molar-refractivity contribution in [2.45, 2.75) is 27.2 Å². The van der Waals surface area contributed by atoms with Crippen molar-refractivity contribution in [2.75, 3.05) is 19.0 Å². The quantitative estimate of drug-likeness (QED) is 0.507. The molecule has 0 aliphatic rings. The van der Waals surface area contributed by atoms with Crippen molar-refractivity contribution in [2.24, 2.45) is 0 Å². The fourth-order valence-electron chi connectivity index (χ4n) is 2.68. The molecule has 2 aromatic rings. The summed E-state index contributed by atoms with van der Waals surface area (Å²) in [5, 5.41) is 12.6. The lowest BCUT2D eigenvalue weighted by Crippen LogP contribution is -2.15. The maximum Gasteiger partial charge on any atom is 0.266 e. The van der Waals surface area contributed by atoms with Gasteiger partial charge < -0.3 is 14.8 Å². The monoisotopic (exact) mass is 398 g/mol. The Morgan fingerprint density at radius 3 is 2.54 bits per heavy atom. The number of ether oxygens (including phenoxy) is 2. The molecule has 0 bridgehead atoms. The minimum atomic E-state index is -0.485. The molecule has 0 radical (unpaired) electrons. The number of nitrogens with one attached hydrogen (secondary N) is 1. The molecule has 5 nitrogen and oxygen atoms in total. The highest BCUT2D eigenvalue weighted by molar-refractivity contribution is 6.32. The Kier molecular flexibility index (Phi) is 7.48. The van der Waals surface area contributed by atoms with Crippen LogP contribution < -0.4 is 14.8 Å². The van der Waals surface area contributed by atoms with E-state index >= 15 is 0 Å². The summed E-state index contributed by atoms with van der Waals surface area (Å²) in [7, 11) is 1.51. The maximum absolute atomic E-state index is 12.6. The van der Waals surface area contributed by atoms with Crippen molar-refractivity contribution in [3.63, 3.8) is 0 Å². The van der Waals surface area contributed by atoms with Gasteiger partial charge in [-0.3, -0.25) is 4.79 Å². The number of methoxy groups -OCH3 is 1. The Balaban J connectivity index is 2.34. The van der Waals surface area contributed by atoms with E-state index in [0.717, 1.165) is 17.5 Å². The van der Waals surface area contributed by atoms with Gasteiger partial charge in [-0.2, -0.15) is 5.26 Å². The molecule has 1 amide bonds. The van der Waals surface area contributed by atoms with Crippen LogP contribution in [0.5, 0.6) is 11.5 Å². The number of aryl methyl sites for hydroxylation is 2. The van der Waals surface area contributed by atoms with Crippen LogP contribution >= 0.6 is 11.6 Å². The summed E-state index contributed by atoms with van der Waals surface area (Å²) in [4.78, 5) is 12.6. The zero-order valence-electron chi connectivity index (χ0n) is 16.4. The number of rotatable bonds is 7. The third kappa shape index (κ3) is 5.05. The Hall–Kier alpha value is -2.97. The summed E-state index contributed by atoms with van der Waals surface area (Å²) < 4.78 is 11.0. The van der Waals surface area contributed by atoms with Crippen molar-refractivity contribution in [1.82, 2.24) is 0 Å². The molecular weight excluding hydrogens is 376 g/mol. The molecule has 146 valence electrons. The molecule has 0 saturated heterocycles. The van der Waals surface area contributed by atoms with E-state index in [1.54, 1.807) is 12.1 Å². The molecule has 0 spiro atoms. The van der Waals surface area contributed by atoms with Crippen molar-refractivity contribution in [1.29, 1.82) is 5.26 Å². The number of halogens is 1. The molecule has 0 aromatic heterocycles. The Bertz CT molecular complexity index is 925. The third-order valence-electron chi connectivity index (χ3n) is 4.10. The average molecular weight is 399 g/mol. The van der Waals surface area contributed by atoms with Gasteiger partial charge in [-0.05, 0) is 55.2 Å². The Morgan fingerprint density at radius 1 is 1.29 bits per heavy atom. The van der Waals surface area contributed by atoms with Crippen LogP contribution in [0.2, 0.25) is 5.02 Å². The minimum Gasteiger partial charge on any atom is -0.493 e. The second-order valence-electron chi connectivity index (χ2n) is 6.27. The summed E-state index contributed by atoms with van der Waals surface area (Å²) in [5.74, 6) is 0.405. The summed E-state index contributed by atoms with van der Waals surface area (Å²) in [6, 6.07) is 11.0. The number of hydrogen-bond donors (Lipinski definition) is 1. The minimum absolute atomic E-state index is 0.0389. The van der Waals surface area contributed by atoms with Gasteiger partial charge in [-0.25, -0.2) is 0 Å². The molecule has 0 fully saturated rings. The molecule has 0 heterocycles. The second kappa shape index (κ2) is 9.82. The summed E-state index contributed by atoms with van der Waals surface area (Å²) in [5.41, 5.74) is 3.08. The first-order chi connectivity index (χ1) is 13.4. The van der Waals surface area contributed by atoms with Crippen LogP contribution in [0.3, 0.4) is 0 Å². The van der Waals surface area contributed by atoms with Gasteiger partial charge in [0.15, 0.2) is 11.5 Å². The largest absolute Gasteiger partial charge is 0.493 e. The zero-order chi connectivity index (χ0) is 20.7. The normalized spacial score (nSPS) is 10.9. The van der Waals surface area contributed by atoms with E-state index in [1.807, 2.05) is 45.0 Å². The van der Waals surface area contributed by atoms with E-state index in [-0.39, 0.29) is 5.57 Å². The van der Waals surface area contributed by atoms with E-state index in [0.29, 0.717) is 34.4 Å². The van der Waals surface area contributed by atoms with Gasteiger partial charge in [-0.1, -0.05) is 36.7 Å². The van der Waals surface area contributed by atoms with Gasteiger partial charge >= 0.3 is 0 Å². The fraction of sp³-hybridized carbons (Fsp3) is 0.273. The number of amides is 1. The van der Waals surface area contributed by atoms with Crippen molar-refractivity contribution >= 4 is 29.3 Å². The highest BCUT2D eigenvalue weighted by Crippen LogP contribution is 2.37. The predicted molar refractivity (Wildman–Crippen MR) is 112 cm³/mol. The van der Waals surface area contributed by atoms with Gasteiger partial charge in [0.2, 0.25) is 0 Å².